The summed E-state index contributed by atoms with van der Waals surface area (Å²) in [6.07, 6.45) is -4.75. The van der Waals surface area contributed by atoms with Gasteiger partial charge in [0.25, 0.3) is 0 Å². The molecule has 0 fully saturated rings. The molecule has 1 aromatic rings. The summed E-state index contributed by atoms with van der Waals surface area (Å²) in [4.78, 5) is 3.64. The average Bonchev–Trinajstić information content (AvgIpc) is 1.95. The second-order valence-electron chi connectivity index (χ2n) is 2.09. The number of hydrogen-bond donors (Lipinski definition) is 0. The Morgan fingerprint density at radius 2 is 1.93 bits per heavy atom. The van der Waals surface area contributed by atoms with Gasteiger partial charge >= 0.3 is 6.36 Å². The number of rotatable bonds is 1. The van der Waals surface area contributed by atoms with Crippen LogP contribution in [0.1, 0.15) is 0 Å². The first kappa shape index (κ1) is 12.6. The van der Waals surface area contributed by atoms with Crippen LogP contribution >= 0.6 is 56.8 Å². The van der Waals surface area contributed by atoms with Crippen molar-refractivity contribution in [3.63, 3.8) is 0 Å². The highest BCUT2D eigenvalue weighted by molar-refractivity contribution is 14.1. The smallest absolute Gasteiger partial charge is 0.401 e. The van der Waals surface area contributed by atoms with Crippen LogP contribution in [-0.4, -0.2) is 11.3 Å². The lowest BCUT2D eigenvalue weighted by Gasteiger charge is -2.11. The molecule has 0 spiro atoms. The standard InChI is InChI=1S/C6HClF3I2NO/c7-5-4(14-6(8,9)10)2(11)1-3(12)13-5/h1H. The van der Waals surface area contributed by atoms with Crippen molar-refractivity contribution in [3.05, 3.63) is 18.5 Å². The largest absolute Gasteiger partial charge is 0.573 e. The van der Waals surface area contributed by atoms with E-state index in [1.807, 2.05) is 22.6 Å². The van der Waals surface area contributed by atoms with Gasteiger partial charge in [-0.15, -0.1) is 13.2 Å². The third-order valence-corrected chi connectivity index (χ3v) is 2.68. The number of nitrogens with zero attached hydrogens (tertiary/aromatic N) is 1. The van der Waals surface area contributed by atoms with Gasteiger partial charge in [-0.1, -0.05) is 11.6 Å². The van der Waals surface area contributed by atoms with E-state index in [9.17, 15) is 13.2 Å². The normalized spacial score (nSPS) is 11.6. The summed E-state index contributed by atoms with van der Waals surface area (Å²) in [6.45, 7) is 0. The molecular formula is C6HClF3I2NO. The van der Waals surface area contributed by atoms with Crippen LogP contribution in [0.2, 0.25) is 5.15 Å². The van der Waals surface area contributed by atoms with Crippen LogP contribution in [0.4, 0.5) is 13.2 Å². The van der Waals surface area contributed by atoms with Crippen molar-refractivity contribution in [1.29, 1.82) is 0 Å². The summed E-state index contributed by atoms with van der Waals surface area (Å²) in [5.74, 6) is -0.458. The topological polar surface area (TPSA) is 22.1 Å². The highest BCUT2D eigenvalue weighted by atomic mass is 127. The SMILES string of the molecule is FC(F)(F)Oc1c(I)cc(I)nc1Cl. The van der Waals surface area contributed by atoms with Crippen molar-refractivity contribution in [1.82, 2.24) is 4.98 Å². The molecule has 0 aliphatic rings. The van der Waals surface area contributed by atoms with Crippen LogP contribution < -0.4 is 4.74 Å². The maximum atomic E-state index is 11.9. The van der Waals surface area contributed by atoms with Gasteiger partial charge < -0.3 is 4.74 Å². The Balaban J connectivity index is 3.09. The van der Waals surface area contributed by atoms with Gasteiger partial charge in [0, 0.05) is 0 Å². The molecule has 0 radical (unpaired) electrons. The molecule has 14 heavy (non-hydrogen) atoms. The second kappa shape index (κ2) is 4.56. The monoisotopic (exact) mass is 449 g/mol. The van der Waals surface area contributed by atoms with Gasteiger partial charge in [0.05, 0.1) is 3.57 Å². The Hall–Kier alpha value is 0.490. The van der Waals surface area contributed by atoms with E-state index in [-0.39, 0.29) is 8.72 Å². The lowest BCUT2D eigenvalue weighted by molar-refractivity contribution is -0.275. The fourth-order valence-corrected chi connectivity index (χ4v) is 2.99. The number of hydrogen-bond acceptors (Lipinski definition) is 2. The summed E-state index contributed by atoms with van der Waals surface area (Å²) in [7, 11) is 0. The van der Waals surface area contributed by atoms with Crippen LogP contribution in [0.5, 0.6) is 5.75 Å². The molecule has 0 aliphatic carbocycles. The van der Waals surface area contributed by atoms with Crippen LogP contribution in [0.25, 0.3) is 0 Å². The molecule has 1 heterocycles. The molecular weight excluding hydrogens is 448 g/mol. The minimum absolute atomic E-state index is 0.268. The zero-order chi connectivity index (χ0) is 10.9. The summed E-state index contributed by atoms with van der Waals surface area (Å²) in [5.41, 5.74) is 0. The van der Waals surface area contributed by atoms with Crippen molar-refractivity contribution >= 4 is 56.8 Å². The predicted octanol–water partition coefficient (Wildman–Crippen LogP) is 3.84. The molecule has 78 valence electrons. The maximum absolute atomic E-state index is 11.9. The first-order valence-corrected chi connectivity index (χ1v) is 5.60. The Morgan fingerprint density at radius 3 is 2.36 bits per heavy atom. The summed E-state index contributed by atoms with van der Waals surface area (Å²) < 4.78 is 40.2. The second-order valence-corrected chi connectivity index (χ2v) is 4.72. The van der Waals surface area contributed by atoms with Crippen LogP contribution in [0.3, 0.4) is 0 Å². The Labute approximate surface area is 109 Å². The van der Waals surface area contributed by atoms with Crippen LogP contribution in [-0.2, 0) is 0 Å². The molecule has 8 heteroatoms. The van der Waals surface area contributed by atoms with Gasteiger partial charge in [0.2, 0.25) is 0 Å². The molecule has 1 aromatic heterocycles. The summed E-state index contributed by atoms with van der Waals surface area (Å²) in [5, 5.41) is -0.293. The zero-order valence-corrected chi connectivity index (χ0v) is 11.3. The Kier molecular flexibility index (Phi) is 4.09. The Morgan fingerprint density at radius 1 is 1.36 bits per heavy atom. The van der Waals surface area contributed by atoms with Gasteiger partial charge in [0.1, 0.15) is 3.70 Å². The fraction of sp³-hybridized carbons (Fsp3) is 0.167. The average molecular weight is 449 g/mol. The molecule has 0 unspecified atom stereocenters. The number of ether oxygens (including phenoxy) is 1. The van der Waals surface area contributed by atoms with Crippen LogP contribution in [0, 0.1) is 7.27 Å². The number of halogens is 6. The minimum atomic E-state index is -4.75. The predicted molar refractivity (Wildman–Crippen MR) is 61.4 cm³/mol. The van der Waals surface area contributed by atoms with E-state index in [1.165, 1.54) is 6.07 Å². The highest BCUT2D eigenvalue weighted by Crippen LogP contribution is 2.33. The van der Waals surface area contributed by atoms with Crippen molar-refractivity contribution in [2.24, 2.45) is 0 Å². The quantitative estimate of drug-likeness (QED) is 0.480. The van der Waals surface area contributed by atoms with Gasteiger partial charge in [-0.2, -0.15) is 0 Å². The molecule has 0 saturated carbocycles. The van der Waals surface area contributed by atoms with Gasteiger partial charge in [-0.25, -0.2) is 4.98 Å². The first-order valence-electron chi connectivity index (χ1n) is 3.07. The van der Waals surface area contributed by atoms with E-state index >= 15 is 0 Å². The fourth-order valence-electron chi connectivity index (χ4n) is 0.652. The molecule has 2 nitrogen and oxygen atoms in total. The van der Waals surface area contributed by atoms with E-state index in [4.69, 9.17) is 11.6 Å². The molecule has 0 saturated heterocycles. The maximum Gasteiger partial charge on any atom is 0.573 e. The van der Waals surface area contributed by atoms with Crippen LogP contribution in [0.15, 0.2) is 6.07 Å². The lowest BCUT2D eigenvalue weighted by Crippen LogP contribution is -2.18. The molecule has 0 amide bonds. The molecule has 0 aliphatic heterocycles. The Bertz CT molecular complexity index is 334. The summed E-state index contributed by atoms with van der Waals surface area (Å²) in [6, 6.07) is 1.44. The van der Waals surface area contributed by atoms with Gasteiger partial charge in [-0.3, -0.25) is 0 Å². The molecule has 0 atom stereocenters. The molecule has 1 rings (SSSR count). The third-order valence-electron chi connectivity index (χ3n) is 1.07. The van der Waals surface area contributed by atoms with Crippen molar-refractivity contribution in [3.8, 4) is 5.75 Å². The van der Waals surface area contributed by atoms with E-state index < -0.39 is 12.1 Å². The molecule has 0 bridgehead atoms. The molecule has 0 N–H and O–H groups in total. The lowest BCUT2D eigenvalue weighted by atomic mass is 10.5. The van der Waals surface area contributed by atoms with E-state index in [0.717, 1.165) is 0 Å². The number of alkyl halides is 3. The van der Waals surface area contributed by atoms with Crippen molar-refractivity contribution < 1.29 is 17.9 Å². The van der Waals surface area contributed by atoms with Crippen molar-refractivity contribution in [2.75, 3.05) is 0 Å². The zero-order valence-electron chi connectivity index (χ0n) is 6.20. The molecule has 0 aromatic carbocycles. The minimum Gasteiger partial charge on any atom is -0.401 e. The van der Waals surface area contributed by atoms with Gasteiger partial charge in [-0.05, 0) is 51.2 Å². The van der Waals surface area contributed by atoms with Gasteiger partial charge in [0.15, 0.2) is 10.9 Å². The number of aromatic nitrogens is 1. The highest BCUT2D eigenvalue weighted by Gasteiger charge is 2.33. The summed E-state index contributed by atoms with van der Waals surface area (Å²) >= 11 is 9.04. The number of pyridine rings is 1. The first-order chi connectivity index (χ1) is 6.29. The third kappa shape index (κ3) is 3.57. The van der Waals surface area contributed by atoms with E-state index in [2.05, 4.69) is 9.72 Å². The van der Waals surface area contributed by atoms with E-state index in [1.54, 1.807) is 22.6 Å². The van der Waals surface area contributed by atoms with E-state index in [0.29, 0.717) is 3.70 Å². The van der Waals surface area contributed by atoms with Crippen molar-refractivity contribution in [2.45, 2.75) is 6.36 Å².